The van der Waals surface area contributed by atoms with Gasteiger partial charge in [-0.1, -0.05) is 6.92 Å². The van der Waals surface area contributed by atoms with Gasteiger partial charge in [0.1, 0.15) is 0 Å². The van der Waals surface area contributed by atoms with Crippen molar-refractivity contribution in [2.75, 3.05) is 33.0 Å². The summed E-state index contributed by atoms with van der Waals surface area (Å²) in [6.07, 6.45) is 6.81. The van der Waals surface area contributed by atoms with Gasteiger partial charge in [-0.05, 0) is 45.1 Å². The molecule has 19 heavy (non-hydrogen) atoms. The van der Waals surface area contributed by atoms with Crippen molar-refractivity contribution in [1.82, 2.24) is 5.32 Å². The maximum absolute atomic E-state index is 9.73. The Bertz CT molecular complexity index is 256. The van der Waals surface area contributed by atoms with E-state index in [0.29, 0.717) is 12.0 Å². The molecule has 0 amide bonds. The van der Waals surface area contributed by atoms with Crippen LogP contribution >= 0.6 is 0 Å². The van der Waals surface area contributed by atoms with E-state index in [4.69, 9.17) is 9.47 Å². The van der Waals surface area contributed by atoms with Crippen LogP contribution in [-0.2, 0) is 9.47 Å². The van der Waals surface area contributed by atoms with Crippen LogP contribution in [-0.4, -0.2) is 49.7 Å². The molecule has 112 valence electrons. The summed E-state index contributed by atoms with van der Waals surface area (Å²) in [5.41, 5.74) is -0.106. The molecule has 2 rings (SSSR count). The van der Waals surface area contributed by atoms with Gasteiger partial charge in [-0.3, -0.25) is 0 Å². The molecular weight excluding hydrogens is 242 g/mol. The van der Waals surface area contributed by atoms with Crippen molar-refractivity contribution in [3.05, 3.63) is 0 Å². The molecule has 4 heteroatoms. The van der Waals surface area contributed by atoms with Crippen LogP contribution in [0.15, 0.2) is 0 Å². The van der Waals surface area contributed by atoms with Crippen molar-refractivity contribution in [3.63, 3.8) is 0 Å². The second kappa shape index (κ2) is 7.58. The Balaban J connectivity index is 1.77. The first-order chi connectivity index (χ1) is 9.28. The molecule has 1 aliphatic heterocycles. The molecule has 4 nitrogen and oxygen atoms in total. The highest BCUT2D eigenvalue weighted by molar-refractivity contribution is 4.94. The van der Waals surface area contributed by atoms with E-state index in [-0.39, 0.29) is 12.1 Å². The molecule has 3 unspecified atom stereocenters. The Morgan fingerprint density at radius 1 is 1.42 bits per heavy atom. The van der Waals surface area contributed by atoms with Gasteiger partial charge >= 0.3 is 0 Å². The molecule has 0 aromatic rings. The minimum absolute atomic E-state index is 0.106. The quantitative estimate of drug-likeness (QED) is 0.740. The van der Waals surface area contributed by atoms with E-state index < -0.39 is 0 Å². The van der Waals surface area contributed by atoms with Gasteiger partial charge in [-0.25, -0.2) is 0 Å². The van der Waals surface area contributed by atoms with Crippen molar-refractivity contribution in [3.8, 4) is 0 Å². The summed E-state index contributed by atoms with van der Waals surface area (Å²) in [5, 5.41) is 13.3. The van der Waals surface area contributed by atoms with Gasteiger partial charge in [-0.15, -0.1) is 0 Å². The number of nitrogens with one attached hydrogen (secondary N) is 1. The van der Waals surface area contributed by atoms with Gasteiger partial charge < -0.3 is 19.9 Å². The molecule has 2 N–H and O–H groups in total. The molecule has 1 heterocycles. The third kappa shape index (κ3) is 4.42. The molecule has 0 bridgehead atoms. The Morgan fingerprint density at radius 2 is 2.32 bits per heavy atom. The first-order valence-corrected chi connectivity index (χ1v) is 7.83. The van der Waals surface area contributed by atoms with E-state index in [1.807, 2.05) is 0 Å². The maximum Gasteiger partial charge on any atom is 0.0614 e. The highest BCUT2D eigenvalue weighted by atomic mass is 16.5. The summed E-state index contributed by atoms with van der Waals surface area (Å²) >= 11 is 0. The maximum atomic E-state index is 9.73. The van der Waals surface area contributed by atoms with Crippen LogP contribution in [0.2, 0.25) is 0 Å². The molecule has 2 fully saturated rings. The molecule has 1 saturated carbocycles. The lowest BCUT2D eigenvalue weighted by molar-refractivity contribution is -0.0294. The van der Waals surface area contributed by atoms with Crippen LogP contribution in [0.4, 0.5) is 0 Å². The average molecular weight is 271 g/mol. The highest BCUT2D eigenvalue weighted by Gasteiger charge is 2.36. The Hall–Kier alpha value is -0.160. The fourth-order valence-corrected chi connectivity index (χ4v) is 3.19. The van der Waals surface area contributed by atoms with Crippen LogP contribution in [0.3, 0.4) is 0 Å². The van der Waals surface area contributed by atoms with E-state index in [1.165, 1.54) is 0 Å². The summed E-state index contributed by atoms with van der Waals surface area (Å²) in [6.45, 7) is 5.92. The SMILES string of the molecule is CCCNC1(CO)CCCC(OCC2CCOC2)C1. The minimum atomic E-state index is -0.106. The Labute approximate surface area is 116 Å². The van der Waals surface area contributed by atoms with Gasteiger partial charge in [0, 0.05) is 18.1 Å². The molecule has 1 saturated heterocycles. The standard InChI is InChI=1S/C15H29NO3/c1-2-7-16-15(12-17)6-3-4-14(9-15)19-11-13-5-8-18-10-13/h13-14,16-17H,2-12H2,1H3. The third-order valence-corrected chi connectivity index (χ3v) is 4.44. The van der Waals surface area contributed by atoms with Crippen LogP contribution in [0.5, 0.6) is 0 Å². The number of ether oxygens (including phenoxy) is 2. The third-order valence-electron chi connectivity index (χ3n) is 4.44. The largest absolute Gasteiger partial charge is 0.394 e. The Morgan fingerprint density at radius 3 is 3.00 bits per heavy atom. The zero-order valence-corrected chi connectivity index (χ0v) is 12.2. The number of hydrogen-bond donors (Lipinski definition) is 2. The fourth-order valence-electron chi connectivity index (χ4n) is 3.19. The normalized spacial score (nSPS) is 35.7. The minimum Gasteiger partial charge on any atom is -0.394 e. The first-order valence-electron chi connectivity index (χ1n) is 7.83. The van der Waals surface area contributed by atoms with Crippen molar-refractivity contribution in [2.24, 2.45) is 5.92 Å². The second-order valence-corrected chi connectivity index (χ2v) is 6.15. The topological polar surface area (TPSA) is 50.7 Å². The van der Waals surface area contributed by atoms with Crippen LogP contribution in [0.1, 0.15) is 45.4 Å². The molecule has 0 spiro atoms. The van der Waals surface area contributed by atoms with Crippen LogP contribution in [0, 0.1) is 5.92 Å². The van der Waals surface area contributed by atoms with Crippen molar-refractivity contribution in [2.45, 2.75) is 57.1 Å². The number of aliphatic hydroxyl groups excluding tert-OH is 1. The van der Waals surface area contributed by atoms with Crippen molar-refractivity contribution < 1.29 is 14.6 Å². The summed E-state index contributed by atoms with van der Waals surface area (Å²) < 4.78 is 11.5. The van der Waals surface area contributed by atoms with Gasteiger partial charge in [0.05, 0.1) is 25.9 Å². The summed E-state index contributed by atoms with van der Waals surface area (Å²) in [6, 6.07) is 0. The number of hydrogen-bond acceptors (Lipinski definition) is 4. The van der Waals surface area contributed by atoms with Crippen LogP contribution < -0.4 is 5.32 Å². The average Bonchev–Trinajstić information content (AvgIpc) is 2.97. The van der Waals surface area contributed by atoms with Gasteiger partial charge in [0.2, 0.25) is 0 Å². The number of rotatable bonds is 7. The molecule has 1 aliphatic carbocycles. The van der Waals surface area contributed by atoms with E-state index in [1.54, 1.807) is 0 Å². The van der Waals surface area contributed by atoms with Crippen LogP contribution in [0.25, 0.3) is 0 Å². The lowest BCUT2D eigenvalue weighted by Crippen LogP contribution is -2.53. The second-order valence-electron chi connectivity index (χ2n) is 6.15. The van der Waals surface area contributed by atoms with E-state index in [2.05, 4.69) is 12.2 Å². The lowest BCUT2D eigenvalue weighted by Gasteiger charge is -2.40. The zero-order valence-electron chi connectivity index (χ0n) is 12.2. The predicted octanol–water partition coefficient (Wildman–Crippen LogP) is 1.71. The van der Waals surface area contributed by atoms with Gasteiger partial charge in [-0.2, -0.15) is 0 Å². The van der Waals surface area contributed by atoms with E-state index in [0.717, 1.165) is 64.9 Å². The predicted molar refractivity (Wildman–Crippen MR) is 75.2 cm³/mol. The Kier molecular flexibility index (Phi) is 6.07. The number of aliphatic hydroxyl groups is 1. The van der Waals surface area contributed by atoms with Crippen molar-refractivity contribution >= 4 is 0 Å². The summed E-state index contributed by atoms with van der Waals surface area (Å²) in [5.74, 6) is 0.578. The first kappa shape index (κ1) is 15.2. The molecule has 2 aliphatic rings. The lowest BCUT2D eigenvalue weighted by atomic mass is 9.80. The monoisotopic (exact) mass is 271 g/mol. The molecule has 3 atom stereocenters. The van der Waals surface area contributed by atoms with E-state index >= 15 is 0 Å². The van der Waals surface area contributed by atoms with Gasteiger partial charge in [0.15, 0.2) is 0 Å². The summed E-state index contributed by atoms with van der Waals surface area (Å²) in [4.78, 5) is 0. The van der Waals surface area contributed by atoms with E-state index in [9.17, 15) is 5.11 Å². The molecule has 0 radical (unpaired) electrons. The molecule has 0 aromatic heterocycles. The smallest absolute Gasteiger partial charge is 0.0614 e. The van der Waals surface area contributed by atoms with Crippen molar-refractivity contribution in [1.29, 1.82) is 0 Å². The fraction of sp³-hybridized carbons (Fsp3) is 1.00. The highest BCUT2D eigenvalue weighted by Crippen LogP contribution is 2.30. The molecule has 0 aromatic carbocycles. The van der Waals surface area contributed by atoms with Gasteiger partial charge in [0.25, 0.3) is 0 Å². The summed E-state index contributed by atoms with van der Waals surface area (Å²) in [7, 11) is 0. The molecular formula is C15H29NO3. The zero-order chi connectivity index (χ0) is 13.6.